The number of aromatic nitrogens is 2. The van der Waals surface area contributed by atoms with E-state index in [0.29, 0.717) is 34.0 Å². The molecule has 2 aliphatic rings. The first-order valence-electron chi connectivity index (χ1n) is 14.8. The quantitative estimate of drug-likeness (QED) is 0.311. The Morgan fingerprint density at radius 3 is 2.42 bits per heavy atom. The molecule has 2 saturated heterocycles. The van der Waals surface area contributed by atoms with Crippen LogP contribution in [-0.4, -0.2) is 78.0 Å². The Balaban J connectivity index is 1.28. The first kappa shape index (κ1) is 31.0. The van der Waals surface area contributed by atoms with E-state index in [2.05, 4.69) is 37.1 Å². The highest BCUT2D eigenvalue weighted by Gasteiger charge is 2.21. The second-order valence-electron chi connectivity index (χ2n) is 11.2. The molecular formula is C32H37Cl2N7O2. The van der Waals surface area contributed by atoms with Gasteiger partial charge in [-0.25, -0.2) is 9.97 Å². The molecule has 2 aromatic heterocycles. The van der Waals surface area contributed by atoms with Crippen LogP contribution in [0.25, 0.3) is 11.3 Å². The first-order valence-corrected chi connectivity index (χ1v) is 15.5. The van der Waals surface area contributed by atoms with E-state index >= 15 is 0 Å². The molecule has 0 spiro atoms. The number of amides is 1. The second kappa shape index (κ2) is 14.8. The average molecular weight is 623 g/mol. The Morgan fingerprint density at radius 2 is 1.77 bits per heavy atom. The van der Waals surface area contributed by atoms with Gasteiger partial charge in [-0.3, -0.25) is 14.6 Å². The first-order chi connectivity index (χ1) is 20.8. The van der Waals surface area contributed by atoms with E-state index in [-0.39, 0.29) is 5.91 Å². The minimum Gasteiger partial charge on any atom is -0.437 e. The molecule has 0 atom stereocenters. The van der Waals surface area contributed by atoms with Crippen molar-refractivity contribution >= 4 is 34.9 Å². The second-order valence-corrected chi connectivity index (χ2v) is 12.1. The maximum absolute atomic E-state index is 11.3. The largest absolute Gasteiger partial charge is 0.437 e. The summed E-state index contributed by atoms with van der Waals surface area (Å²) in [5, 5.41) is 12.9. The zero-order valence-corrected chi connectivity index (χ0v) is 25.9. The zero-order valence-electron chi connectivity index (χ0n) is 24.4. The molecule has 0 saturated carbocycles. The van der Waals surface area contributed by atoms with Crippen LogP contribution in [0.15, 0.2) is 48.7 Å². The fourth-order valence-corrected chi connectivity index (χ4v) is 6.12. The van der Waals surface area contributed by atoms with Crippen molar-refractivity contribution in [3.05, 3.63) is 64.3 Å². The summed E-state index contributed by atoms with van der Waals surface area (Å²) >= 11 is 12.7. The molecular weight excluding hydrogens is 585 g/mol. The standard InChI is InChI=1S/C32H37Cl2N7O2/c1-23(42)36-20-24-5-9-40(10-6-24)22-25-15-30(26-17-27(33)19-28(34)18-26)38-32(16-25)43-29-3-4-31(37-21-29)41-13-11-39(12-14-41)8-2-7-35/h3-4,15-19,21,24H,2,5-6,8-14,20,22H2,1H3,(H,36,42). The zero-order chi connectivity index (χ0) is 30.2. The van der Waals surface area contributed by atoms with Gasteiger partial charge in [-0.2, -0.15) is 5.26 Å². The number of nitrogens with zero attached hydrogens (tertiary/aromatic N) is 6. The fourth-order valence-electron chi connectivity index (χ4n) is 5.60. The van der Waals surface area contributed by atoms with E-state index in [1.807, 2.05) is 30.3 Å². The van der Waals surface area contributed by atoms with Crippen LogP contribution in [0.2, 0.25) is 10.0 Å². The van der Waals surface area contributed by atoms with Crippen LogP contribution < -0.4 is 15.0 Å². The molecule has 2 fully saturated rings. The lowest BCUT2D eigenvalue weighted by Gasteiger charge is -2.35. The maximum Gasteiger partial charge on any atom is 0.220 e. The number of hydrogen-bond acceptors (Lipinski definition) is 8. The average Bonchev–Trinajstić information content (AvgIpc) is 3.00. The molecule has 9 nitrogen and oxygen atoms in total. The van der Waals surface area contributed by atoms with E-state index in [9.17, 15) is 4.79 Å². The number of carbonyl (C=O) groups is 1. The molecule has 226 valence electrons. The molecule has 1 N–H and O–H groups in total. The lowest BCUT2D eigenvalue weighted by Crippen LogP contribution is -2.46. The normalized spacial score (nSPS) is 16.6. The number of halogens is 2. The van der Waals surface area contributed by atoms with Crippen molar-refractivity contribution in [2.75, 3.05) is 57.3 Å². The Hall–Kier alpha value is -3.42. The van der Waals surface area contributed by atoms with Gasteiger partial charge in [0.25, 0.3) is 0 Å². The number of pyridine rings is 2. The van der Waals surface area contributed by atoms with Crippen LogP contribution >= 0.6 is 23.2 Å². The molecule has 43 heavy (non-hydrogen) atoms. The van der Waals surface area contributed by atoms with E-state index in [1.54, 1.807) is 19.2 Å². The molecule has 0 bridgehead atoms. The van der Waals surface area contributed by atoms with Crippen LogP contribution in [0.3, 0.4) is 0 Å². The summed E-state index contributed by atoms with van der Waals surface area (Å²) in [4.78, 5) is 27.8. The predicted octanol–water partition coefficient (Wildman–Crippen LogP) is 5.63. The van der Waals surface area contributed by atoms with Crippen molar-refractivity contribution in [3.8, 4) is 29.0 Å². The minimum absolute atomic E-state index is 0.0244. The van der Waals surface area contributed by atoms with E-state index in [0.717, 1.165) is 94.4 Å². The van der Waals surface area contributed by atoms with Crippen LogP contribution in [0, 0.1) is 17.2 Å². The van der Waals surface area contributed by atoms with Crippen molar-refractivity contribution in [2.24, 2.45) is 5.92 Å². The number of piperazine rings is 1. The maximum atomic E-state index is 11.3. The molecule has 1 amide bonds. The lowest BCUT2D eigenvalue weighted by atomic mass is 9.96. The van der Waals surface area contributed by atoms with E-state index in [4.69, 9.17) is 38.2 Å². The van der Waals surface area contributed by atoms with Gasteiger partial charge in [0, 0.05) is 80.8 Å². The summed E-state index contributed by atoms with van der Waals surface area (Å²) in [7, 11) is 0. The van der Waals surface area contributed by atoms with Gasteiger partial charge in [-0.1, -0.05) is 23.2 Å². The van der Waals surface area contributed by atoms with Crippen molar-refractivity contribution in [3.63, 3.8) is 0 Å². The molecule has 4 heterocycles. The highest BCUT2D eigenvalue weighted by molar-refractivity contribution is 6.35. The van der Waals surface area contributed by atoms with Crippen molar-refractivity contribution in [1.29, 1.82) is 5.26 Å². The van der Waals surface area contributed by atoms with Gasteiger partial charge in [0.05, 0.1) is 18.0 Å². The number of rotatable bonds is 10. The van der Waals surface area contributed by atoms with Crippen molar-refractivity contribution in [1.82, 2.24) is 25.1 Å². The number of likely N-dealkylation sites (tertiary alicyclic amines) is 1. The third-order valence-corrected chi connectivity index (χ3v) is 8.39. The minimum atomic E-state index is 0.0244. The lowest BCUT2D eigenvalue weighted by molar-refractivity contribution is -0.119. The summed E-state index contributed by atoms with van der Waals surface area (Å²) in [6.07, 6.45) is 4.38. The number of nitriles is 1. The topological polar surface area (TPSA) is 97.6 Å². The third kappa shape index (κ3) is 9.04. The Kier molecular flexibility index (Phi) is 10.7. The Morgan fingerprint density at radius 1 is 1.02 bits per heavy atom. The van der Waals surface area contributed by atoms with Gasteiger partial charge in [0.1, 0.15) is 11.6 Å². The summed E-state index contributed by atoms with van der Waals surface area (Å²) < 4.78 is 6.25. The number of hydrogen-bond donors (Lipinski definition) is 1. The van der Waals surface area contributed by atoms with Crippen LogP contribution in [0.1, 0.15) is 31.7 Å². The number of nitrogens with one attached hydrogen (secondary N) is 1. The van der Waals surface area contributed by atoms with Gasteiger partial charge in [0.15, 0.2) is 0 Å². The molecule has 3 aromatic rings. The van der Waals surface area contributed by atoms with Gasteiger partial charge in [0.2, 0.25) is 11.8 Å². The molecule has 0 aliphatic carbocycles. The molecule has 0 unspecified atom stereocenters. The Bertz CT molecular complexity index is 1410. The van der Waals surface area contributed by atoms with Gasteiger partial charge in [-0.05, 0) is 73.8 Å². The SMILES string of the molecule is CC(=O)NCC1CCN(Cc2cc(Oc3ccc(N4CCN(CCC#N)CC4)nc3)nc(-c3cc(Cl)cc(Cl)c3)c2)CC1. The molecule has 2 aliphatic heterocycles. The Labute approximate surface area is 263 Å². The highest BCUT2D eigenvalue weighted by atomic mass is 35.5. The van der Waals surface area contributed by atoms with Crippen LogP contribution in [0.4, 0.5) is 5.82 Å². The van der Waals surface area contributed by atoms with Crippen molar-refractivity contribution < 1.29 is 9.53 Å². The number of anilines is 1. The summed E-state index contributed by atoms with van der Waals surface area (Å²) in [5.74, 6) is 2.52. The van der Waals surface area contributed by atoms with Gasteiger partial charge >= 0.3 is 0 Å². The smallest absolute Gasteiger partial charge is 0.220 e. The fraction of sp³-hybridized carbons (Fsp3) is 0.438. The monoisotopic (exact) mass is 621 g/mol. The highest BCUT2D eigenvalue weighted by Crippen LogP contribution is 2.31. The van der Waals surface area contributed by atoms with Crippen LogP contribution in [-0.2, 0) is 11.3 Å². The summed E-state index contributed by atoms with van der Waals surface area (Å²) in [6.45, 7) is 9.37. The molecule has 0 radical (unpaired) electrons. The van der Waals surface area contributed by atoms with Crippen LogP contribution in [0.5, 0.6) is 11.6 Å². The summed E-state index contributed by atoms with van der Waals surface area (Å²) in [6, 6.07) is 15.6. The van der Waals surface area contributed by atoms with Gasteiger partial charge < -0.3 is 15.0 Å². The molecule has 1 aromatic carbocycles. The number of ether oxygens (including phenoxy) is 1. The van der Waals surface area contributed by atoms with E-state index in [1.165, 1.54) is 0 Å². The van der Waals surface area contributed by atoms with Crippen molar-refractivity contribution in [2.45, 2.75) is 32.7 Å². The number of carbonyl (C=O) groups excluding carboxylic acids is 1. The number of benzene rings is 1. The molecule has 11 heteroatoms. The molecule has 5 rings (SSSR count). The van der Waals surface area contributed by atoms with Gasteiger partial charge in [-0.15, -0.1) is 0 Å². The predicted molar refractivity (Wildman–Crippen MR) is 170 cm³/mol. The summed E-state index contributed by atoms with van der Waals surface area (Å²) in [5.41, 5.74) is 2.63. The van der Waals surface area contributed by atoms with E-state index < -0.39 is 0 Å². The third-order valence-electron chi connectivity index (χ3n) is 7.95. The number of piperidine rings is 1.